The summed E-state index contributed by atoms with van der Waals surface area (Å²) in [6.45, 7) is 4.00. The minimum Gasteiger partial charge on any atom is -0.326 e. The molecule has 5 heteroatoms. The van der Waals surface area contributed by atoms with E-state index in [0.717, 1.165) is 11.4 Å². The molecule has 0 saturated heterocycles. The molecule has 2 aromatic rings. The van der Waals surface area contributed by atoms with E-state index in [1.807, 2.05) is 44.2 Å². The highest BCUT2D eigenvalue weighted by Crippen LogP contribution is 2.21. The Morgan fingerprint density at radius 3 is 2.56 bits per heavy atom. The summed E-state index contributed by atoms with van der Waals surface area (Å²) in [6.07, 6.45) is 0. The maximum atomic E-state index is 11.8. The van der Waals surface area contributed by atoms with Gasteiger partial charge in [-0.1, -0.05) is 32.0 Å². The van der Waals surface area contributed by atoms with Gasteiger partial charge >= 0.3 is 0 Å². The van der Waals surface area contributed by atoms with Gasteiger partial charge in [0.15, 0.2) is 0 Å². The van der Waals surface area contributed by atoms with E-state index in [4.69, 9.17) is 0 Å². The number of H-pyrrole nitrogens is 1. The number of hydrogen-bond acceptors (Lipinski definition) is 3. The maximum absolute atomic E-state index is 11.8. The summed E-state index contributed by atoms with van der Waals surface area (Å²) in [4.78, 5) is 18.9. The SMILES string of the molecule is CC(C)c1nc(Nc2ccccc2)[nH]c(=O)c1Br. The van der Waals surface area contributed by atoms with E-state index in [-0.39, 0.29) is 11.5 Å². The first kappa shape index (κ1) is 12.8. The smallest absolute Gasteiger partial charge is 0.266 e. The largest absolute Gasteiger partial charge is 0.326 e. The van der Waals surface area contributed by atoms with E-state index in [0.29, 0.717) is 10.4 Å². The minimum absolute atomic E-state index is 0.174. The molecule has 0 aliphatic carbocycles. The number of rotatable bonds is 3. The van der Waals surface area contributed by atoms with Crippen LogP contribution >= 0.6 is 15.9 Å². The molecule has 2 N–H and O–H groups in total. The van der Waals surface area contributed by atoms with Crippen LogP contribution < -0.4 is 10.9 Å². The predicted molar refractivity (Wildman–Crippen MR) is 76.4 cm³/mol. The van der Waals surface area contributed by atoms with Gasteiger partial charge in [0.2, 0.25) is 5.95 Å². The number of benzene rings is 1. The molecular weight excluding hydrogens is 294 g/mol. The summed E-state index contributed by atoms with van der Waals surface area (Å²) in [5.41, 5.74) is 1.46. The number of para-hydroxylation sites is 1. The molecule has 94 valence electrons. The maximum Gasteiger partial charge on any atom is 0.266 e. The fourth-order valence-electron chi connectivity index (χ4n) is 1.58. The van der Waals surface area contributed by atoms with Crippen LogP contribution in [-0.2, 0) is 0 Å². The third-order valence-electron chi connectivity index (χ3n) is 2.47. The molecule has 1 aromatic carbocycles. The zero-order valence-electron chi connectivity index (χ0n) is 10.2. The summed E-state index contributed by atoms with van der Waals surface area (Å²) in [5.74, 6) is 0.635. The van der Waals surface area contributed by atoms with Crippen molar-refractivity contribution < 1.29 is 0 Å². The molecule has 1 heterocycles. The third-order valence-corrected chi connectivity index (χ3v) is 3.24. The first-order valence-corrected chi connectivity index (χ1v) is 6.49. The Balaban J connectivity index is 2.38. The highest BCUT2D eigenvalue weighted by atomic mass is 79.9. The second kappa shape index (κ2) is 5.35. The van der Waals surface area contributed by atoms with Crippen molar-refractivity contribution in [2.24, 2.45) is 0 Å². The Labute approximate surface area is 114 Å². The number of halogens is 1. The molecule has 4 nitrogen and oxygen atoms in total. The Morgan fingerprint density at radius 1 is 1.28 bits per heavy atom. The fraction of sp³-hybridized carbons (Fsp3) is 0.231. The molecule has 0 bridgehead atoms. The van der Waals surface area contributed by atoms with E-state index in [2.05, 4.69) is 31.2 Å². The van der Waals surface area contributed by atoms with Gasteiger partial charge in [-0.05, 0) is 34.0 Å². The number of hydrogen-bond donors (Lipinski definition) is 2. The molecule has 0 radical (unpaired) electrons. The lowest BCUT2D eigenvalue weighted by Gasteiger charge is -2.10. The first-order valence-electron chi connectivity index (χ1n) is 5.69. The molecule has 0 aliphatic rings. The summed E-state index contributed by atoms with van der Waals surface area (Å²) < 4.78 is 0.496. The molecule has 0 amide bonds. The van der Waals surface area contributed by atoms with Gasteiger partial charge in [0.05, 0.1) is 5.69 Å². The topological polar surface area (TPSA) is 57.8 Å². The molecule has 1 aromatic heterocycles. The quantitative estimate of drug-likeness (QED) is 0.913. The van der Waals surface area contributed by atoms with Crippen LogP contribution in [0.5, 0.6) is 0 Å². The molecule has 0 spiro atoms. The molecule has 0 unspecified atom stereocenters. The summed E-state index contributed by atoms with van der Waals surface area (Å²) in [6, 6.07) is 9.60. The van der Waals surface area contributed by atoms with Gasteiger partial charge in [0.1, 0.15) is 4.47 Å². The van der Waals surface area contributed by atoms with Crippen LogP contribution in [0.4, 0.5) is 11.6 Å². The van der Waals surface area contributed by atoms with E-state index in [1.54, 1.807) is 0 Å². The highest BCUT2D eigenvalue weighted by Gasteiger charge is 2.12. The van der Waals surface area contributed by atoms with Gasteiger partial charge in [-0.25, -0.2) is 4.98 Å². The molecule has 0 atom stereocenters. The summed E-state index contributed by atoms with van der Waals surface area (Å²) in [5, 5.41) is 3.08. The lowest BCUT2D eigenvalue weighted by atomic mass is 10.1. The zero-order valence-corrected chi connectivity index (χ0v) is 11.8. The van der Waals surface area contributed by atoms with Crippen molar-refractivity contribution >= 4 is 27.6 Å². The molecule has 0 aliphatic heterocycles. The third kappa shape index (κ3) is 2.79. The van der Waals surface area contributed by atoms with Crippen molar-refractivity contribution in [2.75, 3.05) is 5.32 Å². The van der Waals surface area contributed by atoms with E-state index in [1.165, 1.54) is 0 Å². The zero-order chi connectivity index (χ0) is 13.1. The van der Waals surface area contributed by atoms with E-state index in [9.17, 15) is 4.79 Å². The number of nitrogens with one attached hydrogen (secondary N) is 2. The van der Waals surface area contributed by atoms with Gasteiger partial charge in [-0.3, -0.25) is 9.78 Å². The number of nitrogens with zero attached hydrogens (tertiary/aromatic N) is 1. The standard InChI is InChI=1S/C13H14BrN3O/c1-8(2)11-10(14)12(18)17-13(16-11)15-9-6-4-3-5-7-9/h3-8H,1-2H3,(H2,15,16,17,18). The Bertz CT molecular complexity index is 593. The molecular formula is C13H14BrN3O. The lowest BCUT2D eigenvalue weighted by molar-refractivity contribution is 0.804. The average molecular weight is 308 g/mol. The molecule has 0 fully saturated rings. The Kier molecular flexibility index (Phi) is 3.81. The number of anilines is 2. The second-order valence-corrected chi connectivity index (χ2v) is 5.05. The van der Waals surface area contributed by atoms with Gasteiger partial charge in [0.25, 0.3) is 5.56 Å². The van der Waals surface area contributed by atoms with Crippen LogP contribution in [0.15, 0.2) is 39.6 Å². The van der Waals surface area contributed by atoms with Crippen LogP contribution in [0.1, 0.15) is 25.5 Å². The van der Waals surface area contributed by atoms with Gasteiger partial charge in [0, 0.05) is 5.69 Å². The number of aromatic nitrogens is 2. The average Bonchev–Trinajstić information content (AvgIpc) is 2.34. The van der Waals surface area contributed by atoms with Crippen LogP contribution in [0.2, 0.25) is 0 Å². The lowest BCUT2D eigenvalue weighted by Crippen LogP contribution is -2.15. The Morgan fingerprint density at radius 2 is 1.94 bits per heavy atom. The van der Waals surface area contributed by atoms with Crippen molar-refractivity contribution in [2.45, 2.75) is 19.8 Å². The minimum atomic E-state index is -0.174. The van der Waals surface area contributed by atoms with Crippen molar-refractivity contribution in [1.29, 1.82) is 0 Å². The van der Waals surface area contributed by atoms with Gasteiger partial charge in [-0.15, -0.1) is 0 Å². The summed E-state index contributed by atoms with van der Waals surface area (Å²) in [7, 11) is 0. The van der Waals surface area contributed by atoms with Crippen LogP contribution in [-0.4, -0.2) is 9.97 Å². The van der Waals surface area contributed by atoms with Crippen molar-refractivity contribution in [1.82, 2.24) is 9.97 Å². The van der Waals surface area contributed by atoms with Crippen molar-refractivity contribution in [3.63, 3.8) is 0 Å². The van der Waals surface area contributed by atoms with Gasteiger partial charge in [-0.2, -0.15) is 0 Å². The van der Waals surface area contributed by atoms with E-state index < -0.39 is 0 Å². The van der Waals surface area contributed by atoms with E-state index >= 15 is 0 Å². The van der Waals surface area contributed by atoms with Gasteiger partial charge < -0.3 is 5.32 Å². The highest BCUT2D eigenvalue weighted by molar-refractivity contribution is 9.10. The number of aromatic amines is 1. The summed E-state index contributed by atoms with van der Waals surface area (Å²) >= 11 is 3.27. The molecule has 18 heavy (non-hydrogen) atoms. The fourth-order valence-corrected chi connectivity index (χ4v) is 2.22. The molecule has 2 rings (SSSR count). The second-order valence-electron chi connectivity index (χ2n) is 4.26. The normalized spacial score (nSPS) is 10.7. The predicted octanol–water partition coefficient (Wildman–Crippen LogP) is 3.40. The monoisotopic (exact) mass is 307 g/mol. The van der Waals surface area contributed by atoms with Crippen molar-refractivity contribution in [3.8, 4) is 0 Å². The van der Waals surface area contributed by atoms with Crippen LogP contribution in [0.3, 0.4) is 0 Å². The first-order chi connectivity index (χ1) is 8.58. The van der Waals surface area contributed by atoms with Crippen molar-refractivity contribution in [3.05, 3.63) is 50.9 Å². The molecule has 0 saturated carbocycles. The van der Waals surface area contributed by atoms with Crippen LogP contribution in [0, 0.1) is 0 Å². The Hall–Kier alpha value is -1.62. The van der Waals surface area contributed by atoms with Crippen LogP contribution in [0.25, 0.3) is 0 Å².